The van der Waals surface area contributed by atoms with E-state index >= 15 is 0 Å². The van der Waals surface area contributed by atoms with Crippen molar-refractivity contribution in [1.82, 2.24) is 15.2 Å². The lowest BCUT2D eigenvalue weighted by molar-refractivity contribution is -0.128. The van der Waals surface area contributed by atoms with Gasteiger partial charge in [-0.1, -0.05) is 24.3 Å². The van der Waals surface area contributed by atoms with E-state index < -0.39 is 0 Å². The maximum absolute atomic E-state index is 12.5. The molecule has 3 aliphatic heterocycles. The Hall–Kier alpha value is -2.64. The first-order valence-electron chi connectivity index (χ1n) is 12.1. The van der Waals surface area contributed by atoms with Gasteiger partial charge in [0, 0.05) is 50.5 Å². The van der Waals surface area contributed by atoms with E-state index in [-0.39, 0.29) is 17.9 Å². The van der Waals surface area contributed by atoms with Gasteiger partial charge in [0.05, 0.1) is 0 Å². The summed E-state index contributed by atoms with van der Waals surface area (Å²) >= 11 is 0. The number of nitrogens with one attached hydrogen (secondary N) is 1. The van der Waals surface area contributed by atoms with E-state index in [1.165, 1.54) is 5.56 Å². The molecule has 3 aliphatic rings. The Morgan fingerprint density at radius 1 is 1.06 bits per heavy atom. The molecule has 0 bridgehead atoms. The summed E-state index contributed by atoms with van der Waals surface area (Å²) in [6, 6.07) is 12.8. The molecule has 0 unspecified atom stereocenters. The Kier molecular flexibility index (Phi) is 6.78. The van der Waals surface area contributed by atoms with E-state index in [1.54, 1.807) is 0 Å². The van der Waals surface area contributed by atoms with E-state index in [2.05, 4.69) is 39.5 Å². The second-order valence-electron chi connectivity index (χ2n) is 9.36. The zero-order valence-corrected chi connectivity index (χ0v) is 19.3. The Balaban J connectivity index is 1.09. The summed E-state index contributed by atoms with van der Waals surface area (Å²) in [4.78, 5) is 19.4. The number of rotatable bonds is 5. The van der Waals surface area contributed by atoms with Crippen molar-refractivity contribution in [2.45, 2.75) is 51.3 Å². The molecule has 1 atom stereocenters. The summed E-state index contributed by atoms with van der Waals surface area (Å²) in [5.41, 5.74) is 3.30. The predicted octanol–water partition coefficient (Wildman–Crippen LogP) is 3.41. The van der Waals surface area contributed by atoms with E-state index in [0.717, 1.165) is 56.6 Å². The smallest absolute Gasteiger partial charge is 0.257 e. The third kappa shape index (κ3) is 5.47. The lowest BCUT2D eigenvalue weighted by atomic mass is 9.97. The number of hydrogen-bond acceptors (Lipinski definition) is 6. The van der Waals surface area contributed by atoms with Gasteiger partial charge < -0.3 is 19.5 Å². The molecule has 1 aromatic carbocycles. The molecule has 0 aliphatic carbocycles. The van der Waals surface area contributed by atoms with Crippen LogP contribution >= 0.6 is 0 Å². The van der Waals surface area contributed by atoms with Crippen LogP contribution < -0.4 is 14.8 Å². The summed E-state index contributed by atoms with van der Waals surface area (Å²) in [6.07, 6.45) is 3.57. The number of likely N-dealkylation sites (tertiary alicyclic amines) is 1. The van der Waals surface area contributed by atoms with Crippen LogP contribution in [0.1, 0.15) is 48.6 Å². The van der Waals surface area contributed by atoms with Crippen molar-refractivity contribution in [2.24, 2.45) is 5.92 Å². The minimum absolute atomic E-state index is 0.127. The third-order valence-corrected chi connectivity index (χ3v) is 6.89. The number of amides is 1. The van der Waals surface area contributed by atoms with Gasteiger partial charge in [-0.25, -0.2) is 4.98 Å². The molecule has 33 heavy (non-hydrogen) atoms. The lowest BCUT2D eigenvalue weighted by Gasteiger charge is -2.33. The van der Waals surface area contributed by atoms with E-state index in [1.807, 2.05) is 19.1 Å². The summed E-state index contributed by atoms with van der Waals surface area (Å²) in [5.74, 6) is 1.62. The second kappa shape index (κ2) is 10.1. The Bertz CT molecular complexity index is 951. The van der Waals surface area contributed by atoms with Gasteiger partial charge in [-0.15, -0.1) is 0 Å². The van der Waals surface area contributed by atoms with Crippen molar-refractivity contribution in [3.8, 4) is 11.6 Å². The molecule has 2 fully saturated rings. The SMILES string of the molecule is Cc1ccc2c(n1)O[C@@H](c1ccc(CN3CCC(NC(=O)C4CCOCC4)CC3)cc1)CO2. The number of nitrogens with zero attached hydrogens (tertiary/aromatic N) is 2. The molecule has 0 radical (unpaired) electrons. The molecule has 1 N–H and O–H groups in total. The van der Waals surface area contributed by atoms with Crippen molar-refractivity contribution in [1.29, 1.82) is 0 Å². The van der Waals surface area contributed by atoms with Gasteiger partial charge in [-0.3, -0.25) is 9.69 Å². The Labute approximate surface area is 195 Å². The molecule has 1 amide bonds. The molecule has 7 heteroatoms. The lowest BCUT2D eigenvalue weighted by Crippen LogP contribution is -2.46. The molecule has 0 saturated carbocycles. The van der Waals surface area contributed by atoms with Crippen LogP contribution in [0.4, 0.5) is 0 Å². The van der Waals surface area contributed by atoms with Gasteiger partial charge in [-0.2, -0.15) is 0 Å². The van der Waals surface area contributed by atoms with Gasteiger partial charge in [-0.05, 0) is 55.9 Å². The van der Waals surface area contributed by atoms with Gasteiger partial charge >= 0.3 is 0 Å². The van der Waals surface area contributed by atoms with Crippen molar-refractivity contribution < 1.29 is 19.0 Å². The highest BCUT2D eigenvalue weighted by Gasteiger charge is 2.27. The number of aromatic nitrogens is 1. The van der Waals surface area contributed by atoms with Crippen molar-refractivity contribution >= 4 is 5.91 Å². The van der Waals surface area contributed by atoms with E-state index in [0.29, 0.717) is 37.5 Å². The zero-order chi connectivity index (χ0) is 22.6. The van der Waals surface area contributed by atoms with Crippen LogP contribution in [-0.2, 0) is 16.1 Å². The van der Waals surface area contributed by atoms with Crippen LogP contribution in [-0.4, -0.2) is 54.7 Å². The molecule has 176 valence electrons. The first kappa shape index (κ1) is 22.2. The molecule has 5 rings (SSSR count). The standard InChI is InChI=1S/C26H33N3O4/c1-18-2-7-23-26(27-18)33-24(17-32-23)20-5-3-19(4-6-20)16-29-12-8-22(9-13-29)28-25(30)21-10-14-31-15-11-21/h2-7,21-22,24H,8-17H2,1H3,(H,28,30)/t24-/m1/s1. The number of pyridine rings is 1. The van der Waals surface area contributed by atoms with Crippen LogP contribution in [0.2, 0.25) is 0 Å². The van der Waals surface area contributed by atoms with Gasteiger partial charge in [0.25, 0.3) is 5.88 Å². The highest BCUT2D eigenvalue weighted by atomic mass is 16.6. The van der Waals surface area contributed by atoms with Crippen LogP contribution in [0.5, 0.6) is 11.6 Å². The number of carbonyl (C=O) groups excluding carboxylic acids is 1. The second-order valence-corrected chi connectivity index (χ2v) is 9.36. The summed E-state index contributed by atoms with van der Waals surface area (Å²) < 4.78 is 17.3. The average Bonchev–Trinajstić information content (AvgIpc) is 2.86. The summed E-state index contributed by atoms with van der Waals surface area (Å²) in [6.45, 7) is 6.78. The minimum atomic E-state index is -0.143. The molecule has 2 aromatic rings. The maximum atomic E-state index is 12.5. The zero-order valence-electron chi connectivity index (χ0n) is 19.3. The first-order valence-corrected chi connectivity index (χ1v) is 12.1. The van der Waals surface area contributed by atoms with Crippen LogP contribution in [0.25, 0.3) is 0 Å². The van der Waals surface area contributed by atoms with Crippen LogP contribution in [0.15, 0.2) is 36.4 Å². The van der Waals surface area contributed by atoms with E-state index in [9.17, 15) is 4.79 Å². The number of aryl methyl sites for hydroxylation is 1. The monoisotopic (exact) mass is 451 g/mol. The number of piperidine rings is 1. The normalized spacial score (nSPS) is 22.2. The van der Waals surface area contributed by atoms with Crippen LogP contribution in [0.3, 0.4) is 0 Å². The van der Waals surface area contributed by atoms with Crippen molar-refractivity contribution in [3.05, 3.63) is 53.2 Å². The van der Waals surface area contributed by atoms with Crippen LogP contribution in [0, 0.1) is 12.8 Å². The molecule has 0 spiro atoms. The fourth-order valence-electron chi connectivity index (χ4n) is 4.82. The molecular formula is C26H33N3O4. The predicted molar refractivity (Wildman–Crippen MR) is 124 cm³/mol. The summed E-state index contributed by atoms with van der Waals surface area (Å²) in [7, 11) is 0. The first-order chi connectivity index (χ1) is 16.1. The number of benzene rings is 1. The largest absolute Gasteiger partial charge is 0.484 e. The molecule has 7 nitrogen and oxygen atoms in total. The topological polar surface area (TPSA) is 72.9 Å². The third-order valence-electron chi connectivity index (χ3n) is 6.89. The fraction of sp³-hybridized carbons (Fsp3) is 0.538. The maximum Gasteiger partial charge on any atom is 0.257 e. The van der Waals surface area contributed by atoms with E-state index in [4.69, 9.17) is 14.2 Å². The van der Waals surface area contributed by atoms with Gasteiger partial charge in [0.1, 0.15) is 6.61 Å². The fourth-order valence-corrected chi connectivity index (χ4v) is 4.82. The highest BCUT2D eigenvalue weighted by molar-refractivity contribution is 5.79. The number of carbonyl (C=O) groups is 1. The minimum Gasteiger partial charge on any atom is -0.484 e. The quantitative estimate of drug-likeness (QED) is 0.751. The van der Waals surface area contributed by atoms with Crippen molar-refractivity contribution in [2.75, 3.05) is 32.9 Å². The number of hydrogen-bond donors (Lipinski definition) is 1. The average molecular weight is 452 g/mol. The summed E-state index contributed by atoms with van der Waals surface area (Å²) in [5, 5.41) is 3.28. The van der Waals surface area contributed by atoms with Crippen molar-refractivity contribution in [3.63, 3.8) is 0 Å². The molecule has 1 aromatic heterocycles. The number of ether oxygens (including phenoxy) is 3. The van der Waals surface area contributed by atoms with Gasteiger partial charge in [0.2, 0.25) is 5.91 Å². The number of fused-ring (bicyclic) bond motifs is 1. The molecule has 4 heterocycles. The Morgan fingerprint density at radius 2 is 1.82 bits per heavy atom. The molecule has 2 saturated heterocycles. The highest BCUT2D eigenvalue weighted by Crippen LogP contribution is 2.34. The Morgan fingerprint density at radius 3 is 2.58 bits per heavy atom. The van der Waals surface area contributed by atoms with Gasteiger partial charge in [0.15, 0.2) is 11.9 Å². The molecular weight excluding hydrogens is 418 g/mol.